The van der Waals surface area contributed by atoms with E-state index in [9.17, 15) is 9.59 Å². The minimum atomic E-state index is -0.527. The Morgan fingerprint density at radius 1 is 1.00 bits per heavy atom. The minimum Gasteiger partial charge on any atom is -0.453 e. The monoisotopic (exact) mass is 339 g/mol. The number of benzene rings is 2. The number of carbonyl (C=O) groups is 2. The second-order valence-corrected chi connectivity index (χ2v) is 5.97. The highest BCUT2D eigenvalue weighted by Gasteiger charge is 2.27. The van der Waals surface area contributed by atoms with Crippen molar-refractivity contribution in [1.82, 2.24) is 4.90 Å². The average Bonchev–Trinajstić information content (AvgIpc) is 3.14. The third-order valence-corrected chi connectivity index (χ3v) is 4.31. The van der Waals surface area contributed by atoms with E-state index in [0.717, 1.165) is 19.5 Å². The van der Waals surface area contributed by atoms with E-state index in [4.69, 9.17) is 0 Å². The fourth-order valence-corrected chi connectivity index (χ4v) is 2.95. The molecule has 1 fully saturated rings. The first-order valence-corrected chi connectivity index (χ1v) is 8.21. The predicted molar refractivity (Wildman–Crippen MR) is 96.9 cm³/mol. The van der Waals surface area contributed by atoms with Gasteiger partial charge in [0.05, 0.1) is 7.11 Å². The quantitative estimate of drug-likeness (QED) is 0.891. The molecule has 0 aliphatic carbocycles. The van der Waals surface area contributed by atoms with Crippen LogP contribution in [0.3, 0.4) is 0 Å². The normalized spacial score (nSPS) is 16.4. The Bertz CT molecular complexity index is 731. The van der Waals surface area contributed by atoms with Gasteiger partial charge in [-0.1, -0.05) is 30.3 Å². The largest absolute Gasteiger partial charge is 0.453 e. The minimum absolute atomic E-state index is 0.105. The van der Waals surface area contributed by atoms with Crippen molar-refractivity contribution >= 4 is 23.5 Å². The molecule has 2 aromatic rings. The van der Waals surface area contributed by atoms with Crippen LogP contribution in [0.4, 0.5) is 21.0 Å². The van der Waals surface area contributed by atoms with Crippen molar-refractivity contribution in [2.24, 2.45) is 0 Å². The van der Waals surface area contributed by atoms with Crippen LogP contribution in [0.2, 0.25) is 0 Å². The number of rotatable bonds is 3. The van der Waals surface area contributed by atoms with E-state index in [1.54, 1.807) is 24.3 Å². The molecular formula is C19H21N3O3. The van der Waals surface area contributed by atoms with E-state index in [2.05, 4.69) is 27.5 Å². The van der Waals surface area contributed by atoms with Gasteiger partial charge in [-0.2, -0.15) is 0 Å². The molecule has 2 N–H and O–H groups in total. The molecule has 1 saturated heterocycles. The molecule has 1 aliphatic rings. The maximum Gasteiger partial charge on any atom is 0.411 e. The van der Waals surface area contributed by atoms with Crippen LogP contribution in [0.25, 0.3) is 0 Å². The van der Waals surface area contributed by atoms with E-state index in [1.165, 1.54) is 12.7 Å². The van der Waals surface area contributed by atoms with Crippen LogP contribution >= 0.6 is 0 Å². The van der Waals surface area contributed by atoms with E-state index in [1.807, 2.05) is 23.1 Å². The summed E-state index contributed by atoms with van der Waals surface area (Å²) in [7, 11) is 1.31. The van der Waals surface area contributed by atoms with Crippen LogP contribution < -0.4 is 10.6 Å². The standard InChI is InChI=1S/C19H21N3O3/c1-25-19(24)21-17-9-7-16(8-10-17)20-18(23)22-12-11-15(13-22)14-5-3-2-4-6-14/h2-10,15H,11-13H2,1H3,(H,20,23)(H,21,24). The number of carbonyl (C=O) groups excluding carboxylic acids is 2. The number of nitrogens with one attached hydrogen (secondary N) is 2. The first-order chi connectivity index (χ1) is 12.2. The van der Waals surface area contributed by atoms with Crippen LogP contribution in [-0.4, -0.2) is 37.2 Å². The molecule has 1 atom stereocenters. The molecule has 6 heteroatoms. The number of likely N-dealkylation sites (tertiary alicyclic amines) is 1. The van der Waals surface area contributed by atoms with Crippen LogP contribution in [-0.2, 0) is 4.74 Å². The van der Waals surface area contributed by atoms with Crippen molar-refractivity contribution < 1.29 is 14.3 Å². The maximum absolute atomic E-state index is 12.4. The number of urea groups is 1. The number of methoxy groups -OCH3 is 1. The molecule has 0 spiro atoms. The van der Waals surface area contributed by atoms with Crippen molar-refractivity contribution in [3.8, 4) is 0 Å². The molecule has 0 bridgehead atoms. The zero-order valence-corrected chi connectivity index (χ0v) is 14.1. The van der Waals surface area contributed by atoms with Crippen molar-refractivity contribution in [3.05, 3.63) is 60.2 Å². The lowest BCUT2D eigenvalue weighted by atomic mass is 9.99. The first kappa shape index (κ1) is 16.8. The third-order valence-electron chi connectivity index (χ3n) is 4.31. The summed E-state index contributed by atoms with van der Waals surface area (Å²) in [4.78, 5) is 25.4. The number of amides is 3. The van der Waals surface area contributed by atoms with Gasteiger partial charge in [-0.15, -0.1) is 0 Å². The molecule has 0 aromatic heterocycles. The lowest BCUT2D eigenvalue weighted by Crippen LogP contribution is -2.32. The van der Waals surface area contributed by atoms with Gasteiger partial charge in [0, 0.05) is 30.4 Å². The van der Waals surface area contributed by atoms with Gasteiger partial charge in [-0.3, -0.25) is 5.32 Å². The van der Waals surface area contributed by atoms with E-state index >= 15 is 0 Å². The first-order valence-electron chi connectivity index (χ1n) is 8.21. The van der Waals surface area contributed by atoms with Crippen LogP contribution in [0.15, 0.2) is 54.6 Å². The Kier molecular flexibility index (Phi) is 5.18. The highest BCUT2D eigenvalue weighted by Crippen LogP contribution is 2.27. The summed E-state index contributed by atoms with van der Waals surface area (Å²) in [5, 5.41) is 5.46. The third kappa shape index (κ3) is 4.29. The highest BCUT2D eigenvalue weighted by molar-refractivity contribution is 5.90. The second-order valence-electron chi connectivity index (χ2n) is 5.97. The molecule has 130 valence electrons. The van der Waals surface area contributed by atoms with Gasteiger partial charge in [-0.25, -0.2) is 9.59 Å². The predicted octanol–water partition coefficient (Wildman–Crippen LogP) is 3.89. The van der Waals surface area contributed by atoms with Gasteiger partial charge < -0.3 is 15.0 Å². The molecule has 3 rings (SSSR count). The van der Waals surface area contributed by atoms with Gasteiger partial charge in [0.1, 0.15) is 0 Å². The SMILES string of the molecule is COC(=O)Nc1ccc(NC(=O)N2CCC(c3ccccc3)C2)cc1. The van der Waals surface area contributed by atoms with Crippen molar-refractivity contribution in [1.29, 1.82) is 0 Å². The van der Waals surface area contributed by atoms with Gasteiger partial charge in [0.25, 0.3) is 0 Å². The molecular weight excluding hydrogens is 318 g/mol. The van der Waals surface area contributed by atoms with Crippen LogP contribution in [0, 0.1) is 0 Å². The molecule has 1 aliphatic heterocycles. The lowest BCUT2D eigenvalue weighted by molar-refractivity contribution is 0.187. The Balaban J connectivity index is 1.55. The molecule has 1 unspecified atom stereocenters. The zero-order chi connectivity index (χ0) is 17.6. The number of anilines is 2. The summed E-state index contributed by atoms with van der Waals surface area (Å²) in [6.07, 6.45) is 0.445. The summed E-state index contributed by atoms with van der Waals surface area (Å²) in [6.45, 7) is 1.46. The maximum atomic E-state index is 12.4. The van der Waals surface area contributed by atoms with Crippen LogP contribution in [0.1, 0.15) is 17.9 Å². The summed E-state index contributed by atoms with van der Waals surface area (Å²) >= 11 is 0. The molecule has 0 saturated carbocycles. The molecule has 1 heterocycles. The smallest absolute Gasteiger partial charge is 0.411 e. The average molecular weight is 339 g/mol. The summed E-state index contributed by atoms with van der Waals surface area (Å²) in [5.41, 5.74) is 2.56. The number of hydrogen-bond donors (Lipinski definition) is 2. The van der Waals surface area contributed by atoms with E-state index in [-0.39, 0.29) is 6.03 Å². The number of ether oxygens (including phenoxy) is 1. The molecule has 25 heavy (non-hydrogen) atoms. The van der Waals surface area contributed by atoms with Gasteiger partial charge in [0.15, 0.2) is 0 Å². The topological polar surface area (TPSA) is 70.7 Å². The summed E-state index contributed by atoms with van der Waals surface area (Å²) in [6, 6.07) is 17.1. The van der Waals surface area contributed by atoms with E-state index < -0.39 is 6.09 Å². The highest BCUT2D eigenvalue weighted by atomic mass is 16.5. The fraction of sp³-hybridized carbons (Fsp3) is 0.263. The lowest BCUT2D eigenvalue weighted by Gasteiger charge is -2.18. The van der Waals surface area contributed by atoms with Gasteiger partial charge >= 0.3 is 12.1 Å². The Hall–Kier alpha value is -3.02. The second kappa shape index (κ2) is 7.70. The Morgan fingerprint density at radius 3 is 2.28 bits per heavy atom. The Morgan fingerprint density at radius 2 is 1.64 bits per heavy atom. The zero-order valence-electron chi connectivity index (χ0n) is 14.1. The number of nitrogens with zero attached hydrogens (tertiary/aromatic N) is 1. The van der Waals surface area contributed by atoms with Crippen molar-refractivity contribution in [2.45, 2.75) is 12.3 Å². The molecule has 0 radical (unpaired) electrons. The van der Waals surface area contributed by atoms with Gasteiger partial charge in [-0.05, 0) is 36.2 Å². The Labute approximate surface area is 146 Å². The number of hydrogen-bond acceptors (Lipinski definition) is 3. The molecule has 6 nitrogen and oxygen atoms in total. The molecule has 3 amide bonds. The van der Waals surface area contributed by atoms with Crippen molar-refractivity contribution in [2.75, 3.05) is 30.8 Å². The fourth-order valence-electron chi connectivity index (χ4n) is 2.95. The van der Waals surface area contributed by atoms with Gasteiger partial charge in [0.2, 0.25) is 0 Å². The summed E-state index contributed by atoms with van der Waals surface area (Å²) in [5.74, 6) is 0.388. The molecule has 2 aromatic carbocycles. The summed E-state index contributed by atoms with van der Waals surface area (Å²) < 4.78 is 4.54. The van der Waals surface area contributed by atoms with Crippen LogP contribution in [0.5, 0.6) is 0 Å². The van der Waals surface area contributed by atoms with Crippen molar-refractivity contribution in [3.63, 3.8) is 0 Å². The van der Waals surface area contributed by atoms with E-state index in [0.29, 0.717) is 17.3 Å².